The highest BCUT2D eigenvalue weighted by molar-refractivity contribution is 9.09. The molecule has 0 bridgehead atoms. The normalized spacial score (nSPS) is 25.6. The molecule has 0 amide bonds. The van der Waals surface area contributed by atoms with Gasteiger partial charge in [0.05, 0.1) is 0 Å². The van der Waals surface area contributed by atoms with Gasteiger partial charge >= 0.3 is 0 Å². The minimum atomic E-state index is 0.663. The van der Waals surface area contributed by atoms with Gasteiger partial charge < -0.3 is 0 Å². The smallest absolute Gasteiger partial charge is 0.0452 e. The maximum Gasteiger partial charge on any atom is 0.0452 e. The Kier molecular flexibility index (Phi) is 5.20. The number of halogens is 3. The van der Waals surface area contributed by atoms with Crippen molar-refractivity contribution in [2.45, 2.75) is 43.4 Å². The zero-order chi connectivity index (χ0) is 12.3. The summed E-state index contributed by atoms with van der Waals surface area (Å²) in [5.74, 6) is 0.708. The van der Waals surface area contributed by atoms with E-state index in [1.807, 2.05) is 18.2 Å². The molecule has 0 radical (unpaired) electrons. The van der Waals surface area contributed by atoms with E-state index in [0.717, 1.165) is 22.0 Å². The van der Waals surface area contributed by atoms with Gasteiger partial charge in [0.2, 0.25) is 0 Å². The second-order valence-electron chi connectivity index (χ2n) is 4.89. The molecule has 0 N–H and O–H groups in total. The summed E-state index contributed by atoms with van der Waals surface area (Å²) in [6, 6.07) is 5.78. The van der Waals surface area contributed by atoms with Crippen LogP contribution in [-0.2, 0) is 6.42 Å². The molecular weight excluding hydrogens is 319 g/mol. The Bertz CT molecular complexity index is 358. The Morgan fingerprint density at radius 3 is 2.47 bits per heavy atom. The lowest BCUT2D eigenvalue weighted by atomic mass is 9.92. The highest BCUT2D eigenvalue weighted by Gasteiger charge is 2.20. The van der Waals surface area contributed by atoms with Crippen molar-refractivity contribution in [3.8, 4) is 0 Å². The van der Waals surface area contributed by atoms with E-state index in [2.05, 4.69) is 15.9 Å². The summed E-state index contributed by atoms with van der Waals surface area (Å²) in [4.78, 5) is 0.663. The molecule has 3 heteroatoms. The molecule has 2 rings (SSSR count). The van der Waals surface area contributed by atoms with Crippen molar-refractivity contribution in [2.24, 2.45) is 5.92 Å². The fourth-order valence-corrected chi connectivity index (χ4v) is 4.00. The molecule has 1 aliphatic rings. The SMILES string of the molecule is Clc1cccc(Cl)c1CC1CCCCC(Br)C1. The molecule has 1 fully saturated rings. The molecule has 2 atom stereocenters. The minimum absolute atomic E-state index is 0.663. The Morgan fingerprint density at radius 2 is 1.76 bits per heavy atom. The Morgan fingerprint density at radius 1 is 1.12 bits per heavy atom. The predicted molar refractivity (Wildman–Crippen MR) is 79.5 cm³/mol. The highest BCUT2D eigenvalue weighted by Crippen LogP contribution is 2.34. The first-order valence-corrected chi connectivity index (χ1v) is 7.91. The highest BCUT2D eigenvalue weighted by atomic mass is 79.9. The van der Waals surface area contributed by atoms with E-state index in [1.54, 1.807) is 0 Å². The summed E-state index contributed by atoms with van der Waals surface area (Å²) >= 11 is 16.2. The quantitative estimate of drug-likeness (QED) is 0.467. The Balaban J connectivity index is 2.09. The van der Waals surface area contributed by atoms with Crippen LogP contribution in [0, 0.1) is 5.92 Å². The third kappa shape index (κ3) is 3.87. The van der Waals surface area contributed by atoms with Gasteiger partial charge in [-0.15, -0.1) is 0 Å². The Hall–Kier alpha value is 0.280. The monoisotopic (exact) mass is 334 g/mol. The first-order valence-electron chi connectivity index (χ1n) is 6.23. The zero-order valence-electron chi connectivity index (χ0n) is 9.76. The fourth-order valence-electron chi connectivity index (χ4n) is 2.60. The third-order valence-electron chi connectivity index (χ3n) is 3.52. The van der Waals surface area contributed by atoms with E-state index in [1.165, 1.54) is 32.1 Å². The number of alkyl halides is 1. The van der Waals surface area contributed by atoms with E-state index >= 15 is 0 Å². The van der Waals surface area contributed by atoms with E-state index < -0.39 is 0 Å². The Labute approximate surface area is 122 Å². The van der Waals surface area contributed by atoms with Crippen molar-refractivity contribution in [3.63, 3.8) is 0 Å². The molecule has 0 saturated heterocycles. The van der Waals surface area contributed by atoms with Gasteiger partial charge in [0.15, 0.2) is 0 Å². The van der Waals surface area contributed by atoms with Crippen LogP contribution >= 0.6 is 39.1 Å². The van der Waals surface area contributed by atoms with Crippen LogP contribution in [0.5, 0.6) is 0 Å². The molecule has 2 unspecified atom stereocenters. The summed E-state index contributed by atoms with van der Waals surface area (Å²) < 4.78 is 0. The van der Waals surface area contributed by atoms with E-state index in [4.69, 9.17) is 23.2 Å². The van der Waals surface area contributed by atoms with Crippen LogP contribution in [0.15, 0.2) is 18.2 Å². The molecule has 0 heterocycles. The number of hydrogen-bond donors (Lipinski definition) is 0. The number of hydrogen-bond acceptors (Lipinski definition) is 0. The number of rotatable bonds is 2. The fraction of sp³-hybridized carbons (Fsp3) is 0.571. The van der Waals surface area contributed by atoms with E-state index in [0.29, 0.717) is 10.7 Å². The largest absolute Gasteiger partial charge is 0.0891 e. The van der Waals surface area contributed by atoms with Crippen LogP contribution < -0.4 is 0 Å². The molecular formula is C14H17BrCl2. The molecule has 1 saturated carbocycles. The standard InChI is InChI=1S/C14H17BrCl2/c15-11-5-2-1-4-10(8-11)9-12-13(16)6-3-7-14(12)17/h3,6-7,10-11H,1-2,4-5,8-9H2. The lowest BCUT2D eigenvalue weighted by Gasteiger charge is -2.17. The van der Waals surface area contributed by atoms with Crippen molar-refractivity contribution in [2.75, 3.05) is 0 Å². The molecule has 0 aromatic heterocycles. The van der Waals surface area contributed by atoms with Crippen LogP contribution in [-0.4, -0.2) is 4.83 Å². The van der Waals surface area contributed by atoms with Crippen LogP contribution in [0.2, 0.25) is 10.0 Å². The molecule has 1 aromatic rings. The summed E-state index contributed by atoms with van der Waals surface area (Å²) in [6.07, 6.45) is 7.51. The van der Waals surface area contributed by atoms with Crippen molar-refractivity contribution in [1.82, 2.24) is 0 Å². The van der Waals surface area contributed by atoms with Gasteiger partial charge in [-0.3, -0.25) is 0 Å². The minimum Gasteiger partial charge on any atom is -0.0891 e. The first-order chi connectivity index (χ1) is 8.16. The van der Waals surface area contributed by atoms with E-state index in [-0.39, 0.29) is 0 Å². The first kappa shape index (κ1) is 13.7. The number of benzene rings is 1. The van der Waals surface area contributed by atoms with Gasteiger partial charge in [-0.05, 0) is 42.9 Å². The topological polar surface area (TPSA) is 0 Å². The van der Waals surface area contributed by atoms with Crippen molar-refractivity contribution in [1.29, 1.82) is 0 Å². The van der Waals surface area contributed by atoms with Crippen LogP contribution in [0.3, 0.4) is 0 Å². The van der Waals surface area contributed by atoms with Gasteiger partial charge in [-0.1, -0.05) is 64.5 Å². The van der Waals surface area contributed by atoms with Gasteiger partial charge in [-0.2, -0.15) is 0 Å². The van der Waals surface area contributed by atoms with Gasteiger partial charge in [-0.25, -0.2) is 0 Å². The van der Waals surface area contributed by atoms with Gasteiger partial charge in [0.25, 0.3) is 0 Å². The summed E-state index contributed by atoms with van der Waals surface area (Å²) in [6.45, 7) is 0. The molecule has 0 aliphatic heterocycles. The zero-order valence-corrected chi connectivity index (χ0v) is 12.9. The second kappa shape index (κ2) is 6.45. The molecule has 0 nitrogen and oxygen atoms in total. The van der Waals surface area contributed by atoms with Crippen molar-refractivity contribution in [3.05, 3.63) is 33.8 Å². The van der Waals surface area contributed by atoms with Crippen molar-refractivity contribution >= 4 is 39.1 Å². The summed E-state index contributed by atoms with van der Waals surface area (Å²) in [7, 11) is 0. The van der Waals surface area contributed by atoms with Crippen molar-refractivity contribution < 1.29 is 0 Å². The van der Waals surface area contributed by atoms with Crippen LogP contribution in [0.25, 0.3) is 0 Å². The molecule has 17 heavy (non-hydrogen) atoms. The molecule has 1 aliphatic carbocycles. The van der Waals surface area contributed by atoms with Crippen LogP contribution in [0.1, 0.15) is 37.7 Å². The second-order valence-corrected chi connectivity index (χ2v) is 7.00. The lowest BCUT2D eigenvalue weighted by molar-refractivity contribution is 0.464. The predicted octanol–water partition coefficient (Wildman–Crippen LogP) is 5.88. The maximum atomic E-state index is 6.23. The summed E-state index contributed by atoms with van der Waals surface area (Å²) in [5.41, 5.74) is 1.13. The van der Waals surface area contributed by atoms with Gasteiger partial charge in [0, 0.05) is 14.9 Å². The molecule has 1 aromatic carbocycles. The maximum absolute atomic E-state index is 6.23. The summed E-state index contributed by atoms with van der Waals surface area (Å²) in [5, 5.41) is 1.63. The molecule has 0 spiro atoms. The average Bonchev–Trinajstić information content (AvgIpc) is 2.48. The lowest BCUT2D eigenvalue weighted by Crippen LogP contribution is -2.09. The molecule has 94 valence electrons. The van der Waals surface area contributed by atoms with Gasteiger partial charge in [0.1, 0.15) is 0 Å². The van der Waals surface area contributed by atoms with Crippen LogP contribution in [0.4, 0.5) is 0 Å². The van der Waals surface area contributed by atoms with E-state index in [9.17, 15) is 0 Å². The average molecular weight is 336 g/mol. The third-order valence-corrected chi connectivity index (χ3v) is 5.06.